The number of fused-ring (bicyclic) bond motifs is 1. The highest BCUT2D eigenvalue weighted by Gasteiger charge is 2.23. The molecule has 0 unspecified atom stereocenters. The summed E-state index contributed by atoms with van der Waals surface area (Å²) in [7, 11) is 0. The maximum atomic E-state index is 12.8. The number of hydrogen-bond donors (Lipinski definition) is 1. The van der Waals surface area contributed by atoms with Crippen LogP contribution in [0.25, 0.3) is 6.08 Å². The van der Waals surface area contributed by atoms with Gasteiger partial charge in [0.25, 0.3) is 5.91 Å². The van der Waals surface area contributed by atoms with E-state index in [1.807, 2.05) is 26.0 Å². The molecule has 3 rings (SSSR count). The van der Waals surface area contributed by atoms with E-state index < -0.39 is 5.91 Å². The SMILES string of the molecule is CCOc1cc(/C=C(\C#N)C(=O)Nc2sc3c(c2C#N)CCCC3)cc(I)c1OCC. The first-order valence-corrected chi connectivity index (χ1v) is 12.0. The van der Waals surface area contributed by atoms with E-state index in [4.69, 9.17) is 9.47 Å². The molecule has 0 spiro atoms. The molecule has 1 aromatic carbocycles. The van der Waals surface area contributed by atoms with E-state index >= 15 is 0 Å². The molecule has 2 aromatic rings. The van der Waals surface area contributed by atoms with Crippen molar-refractivity contribution in [1.82, 2.24) is 0 Å². The second-order valence-corrected chi connectivity index (χ2v) is 9.11. The fourth-order valence-electron chi connectivity index (χ4n) is 3.48. The van der Waals surface area contributed by atoms with E-state index in [-0.39, 0.29) is 5.57 Å². The third kappa shape index (κ3) is 5.20. The van der Waals surface area contributed by atoms with Gasteiger partial charge < -0.3 is 14.8 Å². The maximum absolute atomic E-state index is 12.8. The molecule has 1 N–H and O–H groups in total. The molecule has 0 radical (unpaired) electrons. The first kappa shape index (κ1) is 23.1. The van der Waals surface area contributed by atoms with Crippen LogP contribution < -0.4 is 14.8 Å². The minimum Gasteiger partial charge on any atom is -0.490 e. The van der Waals surface area contributed by atoms with Gasteiger partial charge in [-0.3, -0.25) is 4.79 Å². The zero-order chi connectivity index (χ0) is 22.4. The Kier molecular flexibility index (Phi) is 7.94. The van der Waals surface area contributed by atoms with Crippen molar-refractivity contribution in [3.63, 3.8) is 0 Å². The fraction of sp³-hybridized carbons (Fsp3) is 0.348. The van der Waals surface area contributed by atoms with Crippen LogP contribution in [0.1, 0.15) is 48.3 Å². The molecule has 0 atom stereocenters. The van der Waals surface area contributed by atoms with Gasteiger partial charge in [-0.25, -0.2) is 0 Å². The normalized spacial score (nSPS) is 13.0. The predicted molar refractivity (Wildman–Crippen MR) is 129 cm³/mol. The van der Waals surface area contributed by atoms with Gasteiger partial charge in [-0.15, -0.1) is 11.3 Å². The molecule has 0 aliphatic heterocycles. The lowest BCUT2D eigenvalue weighted by Crippen LogP contribution is -2.13. The van der Waals surface area contributed by atoms with Crippen LogP contribution in [0.15, 0.2) is 17.7 Å². The van der Waals surface area contributed by atoms with Gasteiger partial charge in [-0.05, 0) is 91.5 Å². The van der Waals surface area contributed by atoms with Crippen LogP contribution in [-0.2, 0) is 17.6 Å². The van der Waals surface area contributed by atoms with Crippen molar-refractivity contribution in [2.24, 2.45) is 0 Å². The van der Waals surface area contributed by atoms with Gasteiger partial charge >= 0.3 is 0 Å². The molecule has 0 saturated heterocycles. The lowest BCUT2D eigenvalue weighted by atomic mass is 9.96. The van der Waals surface area contributed by atoms with Gasteiger partial charge in [0.2, 0.25) is 0 Å². The van der Waals surface area contributed by atoms with E-state index in [0.29, 0.717) is 40.8 Å². The lowest BCUT2D eigenvalue weighted by molar-refractivity contribution is -0.112. The largest absolute Gasteiger partial charge is 0.490 e. The van der Waals surface area contributed by atoms with Gasteiger partial charge in [0.05, 0.1) is 22.3 Å². The summed E-state index contributed by atoms with van der Waals surface area (Å²) in [5.41, 5.74) is 2.19. The molecule has 160 valence electrons. The van der Waals surface area contributed by atoms with Crippen LogP contribution in [0, 0.1) is 26.2 Å². The Labute approximate surface area is 199 Å². The third-order valence-electron chi connectivity index (χ3n) is 4.81. The number of thiophene rings is 1. The van der Waals surface area contributed by atoms with E-state index in [1.165, 1.54) is 17.4 Å². The zero-order valence-corrected chi connectivity index (χ0v) is 20.4. The summed E-state index contributed by atoms with van der Waals surface area (Å²) >= 11 is 3.59. The Morgan fingerprint density at radius 2 is 1.97 bits per heavy atom. The number of amides is 1. The molecular formula is C23H22IN3O3S. The fourth-order valence-corrected chi connectivity index (χ4v) is 5.49. The highest BCUT2D eigenvalue weighted by Crippen LogP contribution is 2.38. The number of benzene rings is 1. The molecule has 1 aromatic heterocycles. The Morgan fingerprint density at radius 3 is 2.65 bits per heavy atom. The van der Waals surface area contributed by atoms with Crippen molar-refractivity contribution in [1.29, 1.82) is 10.5 Å². The first-order chi connectivity index (χ1) is 15.0. The summed E-state index contributed by atoms with van der Waals surface area (Å²) in [6.45, 7) is 4.75. The van der Waals surface area contributed by atoms with Crippen molar-refractivity contribution < 1.29 is 14.3 Å². The third-order valence-corrected chi connectivity index (χ3v) is 6.82. The van der Waals surface area contributed by atoms with Crippen molar-refractivity contribution in [3.8, 4) is 23.6 Å². The Morgan fingerprint density at radius 1 is 1.23 bits per heavy atom. The van der Waals surface area contributed by atoms with Crippen molar-refractivity contribution in [3.05, 3.63) is 42.8 Å². The predicted octanol–water partition coefficient (Wildman–Crippen LogP) is 5.45. The van der Waals surface area contributed by atoms with Crippen molar-refractivity contribution in [2.45, 2.75) is 39.5 Å². The van der Waals surface area contributed by atoms with Gasteiger partial charge in [-0.2, -0.15) is 10.5 Å². The smallest absolute Gasteiger partial charge is 0.266 e. The number of anilines is 1. The Balaban J connectivity index is 1.90. The summed E-state index contributed by atoms with van der Waals surface area (Å²) in [4.78, 5) is 14.0. The number of nitriles is 2. The van der Waals surface area contributed by atoms with Crippen LogP contribution in [0.5, 0.6) is 11.5 Å². The van der Waals surface area contributed by atoms with Gasteiger partial charge in [-0.1, -0.05) is 0 Å². The quantitative estimate of drug-likeness (QED) is 0.283. The lowest BCUT2D eigenvalue weighted by Gasteiger charge is -2.13. The Bertz CT molecular complexity index is 1110. The second kappa shape index (κ2) is 10.7. The molecule has 0 fully saturated rings. The molecule has 8 heteroatoms. The van der Waals surface area contributed by atoms with E-state index in [2.05, 4.69) is 34.0 Å². The minimum atomic E-state index is -0.528. The van der Waals surface area contributed by atoms with Crippen LogP contribution in [0.2, 0.25) is 0 Å². The van der Waals surface area contributed by atoms with Crippen LogP contribution in [0.3, 0.4) is 0 Å². The number of nitrogens with one attached hydrogen (secondary N) is 1. The number of hydrogen-bond acceptors (Lipinski definition) is 6. The highest BCUT2D eigenvalue weighted by atomic mass is 127. The average Bonchev–Trinajstić information content (AvgIpc) is 3.11. The monoisotopic (exact) mass is 547 g/mol. The van der Waals surface area contributed by atoms with Gasteiger partial charge in [0.1, 0.15) is 22.7 Å². The number of halogens is 1. The standard InChI is InChI=1S/C23H22IN3O3S/c1-3-29-19-11-14(10-18(24)21(19)30-4-2)9-15(12-25)22(28)27-23-17(13-26)16-7-5-6-8-20(16)31-23/h9-11H,3-8H2,1-2H3,(H,27,28)/b15-9+. The van der Waals surface area contributed by atoms with Crippen molar-refractivity contribution in [2.75, 3.05) is 18.5 Å². The summed E-state index contributed by atoms with van der Waals surface area (Å²) in [6, 6.07) is 7.79. The van der Waals surface area contributed by atoms with Gasteiger partial charge in [0, 0.05) is 4.88 Å². The molecular weight excluding hydrogens is 525 g/mol. The van der Waals surface area contributed by atoms with Crippen LogP contribution >= 0.6 is 33.9 Å². The molecule has 1 amide bonds. The molecule has 1 aliphatic rings. The molecule has 0 bridgehead atoms. The molecule has 31 heavy (non-hydrogen) atoms. The molecule has 1 heterocycles. The average molecular weight is 547 g/mol. The highest BCUT2D eigenvalue weighted by molar-refractivity contribution is 14.1. The summed E-state index contributed by atoms with van der Waals surface area (Å²) in [6.07, 6.45) is 5.45. The van der Waals surface area contributed by atoms with E-state index in [9.17, 15) is 15.3 Å². The number of carbonyl (C=O) groups is 1. The first-order valence-electron chi connectivity index (χ1n) is 10.1. The second-order valence-electron chi connectivity index (χ2n) is 6.85. The molecule has 6 nitrogen and oxygen atoms in total. The van der Waals surface area contributed by atoms with E-state index in [0.717, 1.165) is 39.7 Å². The summed E-state index contributed by atoms with van der Waals surface area (Å²) < 4.78 is 12.2. The van der Waals surface area contributed by atoms with E-state index in [1.54, 1.807) is 6.07 Å². The summed E-state index contributed by atoms with van der Waals surface area (Å²) in [5.74, 6) is 0.685. The maximum Gasteiger partial charge on any atom is 0.266 e. The van der Waals surface area contributed by atoms with Crippen molar-refractivity contribution >= 4 is 50.9 Å². The number of rotatable bonds is 7. The summed E-state index contributed by atoms with van der Waals surface area (Å²) in [5, 5.41) is 22.5. The van der Waals surface area contributed by atoms with Crippen LogP contribution in [-0.4, -0.2) is 19.1 Å². The Hall–Kier alpha value is -2.56. The molecule has 0 saturated carbocycles. The number of nitrogens with zero attached hydrogens (tertiary/aromatic N) is 2. The zero-order valence-electron chi connectivity index (χ0n) is 17.4. The van der Waals surface area contributed by atoms with Crippen LogP contribution in [0.4, 0.5) is 5.00 Å². The van der Waals surface area contributed by atoms with Gasteiger partial charge in [0.15, 0.2) is 11.5 Å². The topological polar surface area (TPSA) is 95.1 Å². The minimum absolute atomic E-state index is 0.0438. The number of ether oxygens (including phenoxy) is 2. The number of carbonyl (C=O) groups excluding carboxylic acids is 1. The number of aryl methyl sites for hydroxylation is 1. The molecule has 1 aliphatic carbocycles.